The van der Waals surface area contributed by atoms with Crippen LogP contribution in [0.3, 0.4) is 0 Å². The SMILES string of the molecule is C#CCC=CC=C. The van der Waals surface area contributed by atoms with Crippen molar-refractivity contribution >= 4 is 0 Å². The molecule has 0 saturated heterocycles. The molecule has 0 N–H and O–H groups in total. The molecule has 0 amide bonds. The van der Waals surface area contributed by atoms with Gasteiger partial charge in [-0.25, -0.2) is 0 Å². The fourth-order valence-corrected chi connectivity index (χ4v) is 0.232. The van der Waals surface area contributed by atoms with Crippen molar-refractivity contribution in [1.82, 2.24) is 0 Å². The molecular weight excluding hydrogens is 84.1 g/mol. The van der Waals surface area contributed by atoms with Crippen LogP contribution in [0.5, 0.6) is 0 Å². The normalized spacial score (nSPS) is 8.43. The highest BCUT2D eigenvalue weighted by molar-refractivity contribution is 5.03. The molecule has 0 radical (unpaired) electrons. The molecule has 0 aliphatic rings. The number of rotatable bonds is 2. The molecule has 0 rings (SSSR count). The minimum absolute atomic E-state index is 0.700. The first-order chi connectivity index (χ1) is 3.41. The van der Waals surface area contributed by atoms with Gasteiger partial charge in [-0.15, -0.1) is 12.3 Å². The van der Waals surface area contributed by atoms with Crippen molar-refractivity contribution in [3.05, 3.63) is 24.8 Å². The number of hydrogen-bond acceptors (Lipinski definition) is 0. The third-order valence-electron chi connectivity index (χ3n) is 0.508. The third-order valence-corrected chi connectivity index (χ3v) is 0.508. The molecule has 0 heteroatoms. The minimum Gasteiger partial charge on any atom is -0.120 e. The van der Waals surface area contributed by atoms with Crippen LogP contribution in [-0.2, 0) is 0 Å². The van der Waals surface area contributed by atoms with Gasteiger partial charge in [-0.1, -0.05) is 24.8 Å². The lowest BCUT2D eigenvalue weighted by atomic mass is 10.4. The van der Waals surface area contributed by atoms with Gasteiger partial charge in [-0.05, 0) is 0 Å². The Kier molecular flexibility index (Phi) is 4.35. The van der Waals surface area contributed by atoms with Crippen LogP contribution in [0, 0.1) is 12.3 Å². The van der Waals surface area contributed by atoms with E-state index in [0.29, 0.717) is 6.42 Å². The van der Waals surface area contributed by atoms with Gasteiger partial charge in [0.2, 0.25) is 0 Å². The van der Waals surface area contributed by atoms with Crippen molar-refractivity contribution in [1.29, 1.82) is 0 Å². The zero-order chi connectivity index (χ0) is 5.54. The van der Waals surface area contributed by atoms with Gasteiger partial charge in [-0.3, -0.25) is 0 Å². The van der Waals surface area contributed by atoms with Gasteiger partial charge in [0, 0.05) is 6.42 Å². The smallest absolute Gasteiger partial charge is 0.0270 e. The highest BCUT2D eigenvalue weighted by Gasteiger charge is 1.59. The largest absolute Gasteiger partial charge is 0.120 e. The first-order valence-corrected chi connectivity index (χ1v) is 2.13. The Labute approximate surface area is 44.5 Å². The van der Waals surface area contributed by atoms with E-state index in [1.54, 1.807) is 6.08 Å². The van der Waals surface area contributed by atoms with E-state index in [1.807, 2.05) is 12.2 Å². The summed E-state index contributed by atoms with van der Waals surface area (Å²) in [6.45, 7) is 3.48. The summed E-state index contributed by atoms with van der Waals surface area (Å²) in [5, 5.41) is 0. The van der Waals surface area contributed by atoms with Crippen molar-refractivity contribution in [3.8, 4) is 12.3 Å². The molecule has 0 aliphatic carbocycles. The number of allylic oxidation sites excluding steroid dienone is 3. The lowest BCUT2D eigenvalue weighted by Gasteiger charge is -1.68. The van der Waals surface area contributed by atoms with Gasteiger partial charge < -0.3 is 0 Å². The molecule has 36 valence electrons. The Morgan fingerprint density at radius 3 is 2.86 bits per heavy atom. The van der Waals surface area contributed by atoms with Crippen LogP contribution in [-0.4, -0.2) is 0 Å². The molecular formula is C7H8. The lowest BCUT2D eigenvalue weighted by molar-refractivity contribution is 1.48. The summed E-state index contributed by atoms with van der Waals surface area (Å²) in [4.78, 5) is 0. The Balaban J connectivity index is 3.13. The van der Waals surface area contributed by atoms with Gasteiger partial charge in [0.25, 0.3) is 0 Å². The molecule has 0 nitrogen and oxygen atoms in total. The van der Waals surface area contributed by atoms with Crippen molar-refractivity contribution in [3.63, 3.8) is 0 Å². The Hall–Kier alpha value is -0.960. The Morgan fingerprint density at radius 1 is 1.71 bits per heavy atom. The zero-order valence-corrected chi connectivity index (χ0v) is 4.22. The molecule has 0 unspecified atom stereocenters. The Morgan fingerprint density at radius 2 is 2.43 bits per heavy atom. The standard InChI is InChI=1S/C7H8/c1-3-5-7-6-4-2/h1,4,6-7H,2,5H2. The van der Waals surface area contributed by atoms with Crippen LogP contribution in [0.25, 0.3) is 0 Å². The average molecular weight is 92.1 g/mol. The van der Waals surface area contributed by atoms with E-state index < -0.39 is 0 Å². The maximum Gasteiger partial charge on any atom is 0.0270 e. The van der Waals surface area contributed by atoms with Gasteiger partial charge in [-0.2, -0.15) is 0 Å². The summed E-state index contributed by atoms with van der Waals surface area (Å²) < 4.78 is 0. The molecule has 0 aromatic heterocycles. The first kappa shape index (κ1) is 6.04. The van der Waals surface area contributed by atoms with Gasteiger partial charge in [0.1, 0.15) is 0 Å². The van der Waals surface area contributed by atoms with E-state index >= 15 is 0 Å². The van der Waals surface area contributed by atoms with Crippen LogP contribution in [0.2, 0.25) is 0 Å². The summed E-state index contributed by atoms with van der Waals surface area (Å²) in [5.74, 6) is 2.47. The Bertz CT molecular complexity index is 102. The summed E-state index contributed by atoms with van der Waals surface area (Å²) in [6.07, 6.45) is 11.1. The van der Waals surface area contributed by atoms with Crippen molar-refractivity contribution < 1.29 is 0 Å². The summed E-state index contributed by atoms with van der Waals surface area (Å²) in [5.41, 5.74) is 0. The fraction of sp³-hybridized carbons (Fsp3) is 0.143. The van der Waals surface area contributed by atoms with Crippen LogP contribution in [0.1, 0.15) is 6.42 Å². The summed E-state index contributed by atoms with van der Waals surface area (Å²) >= 11 is 0. The lowest BCUT2D eigenvalue weighted by Crippen LogP contribution is -1.51. The minimum atomic E-state index is 0.700. The molecule has 0 aliphatic heterocycles. The van der Waals surface area contributed by atoms with Crippen molar-refractivity contribution in [2.45, 2.75) is 6.42 Å². The molecule has 0 fully saturated rings. The fourth-order valence-electron chi connectivity index (χ4n) is 0.232. The second kappa shape index (κ2) is 5.04. The molecule has 0 aromatic rings. The maximum atomic E-state index is 4.93. The monoisotopic (exact) mass is 92.1 g/mol. The third kappa shape index (κ3) is 5.04. The van der Waals surface area contributed by atoms with E-state index in [2.05, 4.69) is 12.5 Å². The molecule has 0 bridgehead atoms. The van der Waals surface area contributed by atoms with Crippen LogP contribution in [0.4, 0.5) is 0 Å². The highest BCUT2D eigenvalue weighted by atomic mass is 13.6. The molecule has 0 heterocycles. The average Bonchev–Trinajstić information content (AvgIpc) is 1.69. The molecule has 0 saturated carbocycles. The van der Waals surface area contributed by atoms with E-state index in [9.17, 15) is 0 Å². The van der Waals surface area contributed by atoms with Crippen molar-refractivity contribution in [2.75, 3.05) is 0 Å². The molecule has 0 spiro atoms. The summed E-state index contributed by atoms with van der Waals surface area (Å²) in [6, 6.07) is 0. The predicted molar refractivity (Wildman–Crippen MR) is 32.8 cm³/mol. The van der Waals surface area contributed by atoms with Gasteiger partial charge >= 0.3 is 0 Å². The van der Waals surface area contributed by atoms with E-state index in [-0.39, 0.29) is 0 Å². The van der Waals surface area contributed by atoms with E-state index in [0.717, 1.165) is 0 Å². The van der Waals surface area contributed by atoms with Crippen LogP contribution < -0.4 is 0 Å². The van der Waals surface area contributed by atoms with E-state index in [4.69, 9.17) is 6.42 Å². The topological polar surface area (TPSA) is 0 Å². The second-order valence-corrected chi connectivity index (χ2v) is 1.07. The quantitative estimate of drug-likeness (QED) is 0.359. The molecule has 0 aromatic carbocycles. The second-order valence-electron chi connectivity index (χ2n) is 1.07. The number of hydrogen-bond donors (Lipinski definition) is 0. The highest BCUT2D eigenvalue weighted by Crippen LogP contribution is 1.77. The van der Waals surface area contributed by atoms with Gasteiger partial charge in [0.15, 0.2) is 0 Å². The predicted octanol–water partition coefficient (Wildman–Crippen LogP) is 1.75. The van der Waals surface area contributed by atoms with Gasteiger partial charge in [0.05, 0.1) is 0 Å². The number of terminal acetylenes is 1. The molecule has 0 atom stereocenters. The maximum absolute atomic E-state index is 4.93. The van der Waals surface area contributed by atoms with Crippen molar-refractivity contribution in [2.24, 2.45) is 0 Å². The van der Waals surface area contributed by atoms with E-state index in [1.165, 1.54) is 0 Å². The first-order valence-electron chi connectivity index (χ1n) is 2.13. The van der Waals surface area contributed by atoms with Crippen LogP contribution in [0.15, 0.2) is 24.8 Å². The zero-order valence-electron chi connectivity index (χ0n) is 4.22. The summed E-state index contributed by atoms with van der Waals surface area (Å²) in [7, 11) is 0. The van der Waals surface area contributed by atoms with Crippen LogP contribution >= 0.6 is 0 Å². The molecule has 7 heavy (non-hydrogen) atoms.